The number of ether oxygens (including phenoxy) is 2. The molecule has 0 saturated heterocycles. The van der Waals surface area contributed by atoms with Crippen LogP contribution in [-0.4, -0.2) is 30.0 Å². The summed E-state index contributed by atoms with van der Waals surface area (Å²) in [5.74, 6) is 2.27. The number of thioether (sulfide) groups is 1. The Morgan fingerprint density at radius 3 is 2.91 bits per heavy atom. The van der Waals surface area contributed by atoms with Crippen LogP contribution in [0.15, 0.2) is 41.0 Å². The van der Waals surface area contributed by atoms with E-state index in [-0.39, 0.29) is 24.4 Å². The van der Waals surface area contributed by atoms with Gasteiger partial charge < -0.3 is 19.0 Å². The molecule has 3 rings (SSSR count). The van der Waals surface area contributed by atoms with Gasteiger partial charge in [-0.25, -0.2) is 0 Å². The molecule has 1 aromatic heterocycles. The molecule has 0 saturated carbocycles. The lowest BCUT2D eigenvalue weighted by Crippen LogP contribution is -2.06. The first-order chi connectivity index (χ1) is 10.8. The summed E-state index contributed by atoms with van der Waals surface area (Å²) in [6.45, 7) is 0.291. The fourth-order valence-corrected chi connectivity index (χ4v) is 3.29. The molecule has 0 unspecified atom stereocenters. The van der Waals surface area contributed by atoms with Crippen molar-refractivity contribution in [1.29, 1.82) is 0 Å². The maximum atomic E-state index is 12.3. The van der Waals surface area contributed by atoms with Gasteiger partial charge in [0.25, 0.3) is 0 Å². The van der Waals surface area contributed by atoms with E-state index >= 15 is 0 Å². The standard InChI is InChI=1S/C16H16O5S/c17-5-7-22-16(9-12(18)13-2-1-6-19-13)11-3-4-14-15(8-11)21-10-20-14/h1-4,6,8,16-17H,5,7,9-10H2/t16-/m0/s1. The smallest absolute Gasteiger partial charge is 0.231 e. The number of aliphatic hydroxyl groups is 1. The highest BCUT2D eigenvalue weighted by molar-refractivity contribution is 7.99. The van der Waals surface area contributed by atoms with Crippen LogP contribution < -0.4 is 9.47 Å². The van der Waals surface area contributed by atoms with Gasteiger partial charge in [-0.1, -0.05) is 6.07 Å². The summed E-state index contributed by atoms with van der Waals surface area (Å²) < 4.78 is 15.8. The molecule has 0 bridgehead atoms. The largest absolute Gasteiger partial charge is 0.461 e. The van der Waals surface area contributed by atoms with Crippen LogP contribution in [0.1, 0.15) is 27.8 Å². The number of carbonyl (C=O) groups is 1. The molecule has 1 aliphatic rings. The molecule has 22 heavy (non-hydrogen) atoms. The molecule has 0 aliphatic carbocycles. The minimum Gasteiger partial charge on any atom is -0.461 e. The van der Waals surface area contributed by atoms with Gasteiger partial charge in [0, 0.05) is 17.4 Å². The van der Waals surface area contributed by atoms with Crippen molar-refractivity contribution in [2.24, 2.45) is 0 Å². The molecule has 2 heterocycles. The molecule has 2 aromatic rings. The van der Waals surface area contributed by atoms with Gasteiger partial charge in [0.05, 0.1) is 12.9 Å². The Morgan fingerprint density at radius 2 is 2.14 bits per heavy atom. The molecule has 1 N–H and O–H groups in total. The van der Waals surface area contributed by atoms with E-state index in [4.69, 9.17) is 19.0 Å². The number of furan rings is 1. The Morgan fingerprint density at radius 1 is 1.27 bits per heavy atom. The Balaban J connectivity index is 1.78. The molecule has 0 spiro atoms. The quantitative estimate of drug-likeness (QED) is 0.791. The van der Waals surface area contributed by atoms with Crippen LogP contribution >= 0.6 is 11.8 Å². The maximum Gasteiger partial charge on any atom is 0.231 e. The average Bonchev–Trinajstić information content (AvgIpc) is 3.20. The average molecular weight is 320 g/mol. The topological polar surface area (TPSA) is 68.9 Å². The summed E-state index contributed by atoms with van der Waals surface area (Å²) in [5, 5.41) is 9.00. The molecule has 0 fully saturated rings. The van der Waals surface area contributed by atoms with E-state index in [9.17, 15) is 4.79 Å². The van der Waals surface area contributed by atoms with Crippen molar-refractivity contribution in [3.63, 3.8) is 0 Å². The van der Waals surface area contributed by atoms with Crippen molar-refractivity contribution >= 4 is 17.5 Å². The number of Topliss-reactive ketones (excluding diaryl/α,β-unsaturated/α-hetero) is 1. The minimum absolute atomic E-state index is 0.0573. The van der Waals surface area contributed by atoms with Gasteiger partial charge in [-0.05, 0) is 29.8 Å². The van der Waals surface area contributed by atoms with Gasteiger partial charge in [-0.3, -0.25) is 4.79 Å². The minimum atomic E-state index is -0.0701. The Kier molecular flexibility index (Phi) is 4.70. The highest BCUT2D eigenvalue weighted by Gasteiger charge is 2.22. The molecule has 116 valence electrons. The van der Waals surface area contributed by atoms with E-state index in [0.717, 1.165) is 5.56 Å². The Hall–Kier alpha value is -1.92. The molecular formula is C16H16O5S. The Bertz CT molecular complexity index is 638. The number of rotatable bonds is 7. The van der Waals surface area contributed by atoms with Crippen molar-refractivity contribution in [2.75, 3.05) is 19.2 Å². The summed E-state index contributed by atoms with van der Waals surface area (Å²) in [5.41, 5.74) is 0.975. The van der Waals surface area contributed by atoms with E-state index < -0.39 is 0 Å². The molecular weight excluding hydrogens is 304 g/mol. The second-order valence-corrected chi connectivity index (χ2v) is 6.11. The first-order valence-corrected chi connectivity index (χ1v) is 8.01. The van der Waals surface area contributed by atoms with Gasteiger partial charge in [-0.2, -0.15) is 11.8 Å². The SMILES string of the molecule is O=C(C[C@H](SCCO)c1ccc2c(c1)OCO2)c1ccco1. The van der Waals surface area contributed by atoms with Gasteiger partial charge in [0.15, 0.2) is 23.0 Å². The number of hydrogen-bond acceptors (Lipinski definition) is 6. The predicted molar refractivity (Wildman–Crippen MR) is 82.5 cm³/mol. The zero-order valence-electron chi connectivity index (χ0n) is 11.9. The lowest BCUT2D eigenvalue weighted by atomic mass is 10.1. The Labute approximate surface area is 132 Å². The molecule has 0 radical (unpaired) electrons. The van der Waals surface area contributed by atoms with E-state index in [0.29, 0.717) is 29.4 Å². The van der Waals surface area contributed by atoms with Crippen molar-refractivity contribution in [1.82, 2.24) is 0 Å². The number of aliphatic hydroxyl groups excluding tert-OH is 1. The second-order valence-electron chi connectivity index (χ2n) is 4.80. The second kappa shape index (κ2) is 6.89. The van der Waals surface area contributed by atoms with E-state index in [1.54, 1.807) is 12.1 Å². The summed E-state index contributed by atoms with van der Waals surface area (Å²) >= 11 is 1.54. The highest BCUT2D eigenvalue weighted by Crippen LogP contribution is 2.39. The number of fused-ring (bicyclic) bond motifs is 1. The number of carbonyl (C=O) groups excluding carboxylic acids is 1. The van der Waals surface area contributed by atoms with Crippen LogP contribution in [0.2, 0.25) is 0 Å². The summed E-state index contributed by atoms with van der Waals surface area (Å²) in [6.07, 6.45) is 1.79. The number of ketones is 1. The third-order valence-electron chi connectivity index (χ3n) is 3.35. The molecule has 1 aromatic carbocycles. The molecule has 1 atom stereocenters. The van der Waals surface area contributed by atoms with Crippen molar-refractivity contribution < 1.29 is 23.8 Å². The highest BCUT2D eigenvalue weighted by atomic mass is 32.2. The van der Waals surface area contributed by atoms with Crippen LogP contribution in [0.25, 0.3) is 0 Å². The van der Waals surface area contributed by atoms with E-state index in [1.807, 2.05) is 18.2 Å². The maximum absolute atomic E-state index is 12.3. The number of benzene rings is 1. The normalized spacial score (nSPS) is 14.0. The van der Waals surface area contributed by atoms with Crippen LogP contribution in [0, 0.1) is 0 Å². The predicted octanol–water partition coefficient (Wildman–Crippen LogP) is 3.05. The van der Waals surface area contributed by atoms with Gasteiger partial charge in [0.1, 0.15) is 0 Å². The fourth-order valence-electron chi connectivity index (χ4n) is 2.29. The van der Waals surface area contributed by atoms with Crippen molar-refractivity contribution in [3.8, 4) is 11.5 Å². The summed E-state index contributed by atoms with van der Waals surface area (Å²) in [6, 6.07) is 9.03. The third-order valence-corrected chi connectivity index (χ3v) is 4.61. The molecule has 1 aliphatic heterocycles. The zero-order chi connectivity index (χ0) is 15.4. The molecule has 6 heteroatoms. The summed E-state index contributed by atoms with van der Waals surface area (Å²) in [7, 11) is 0. The fraction of sp³-hybridized carbons (Fsp3) is 0.312. The third kappa shape index (κ3) is 3.28. The van der Waals surface area contributed by atoms with Crippen LogP contribution in [-0.2, 0) is 0 Å². The molecule has 5 nitrogen and oxygen atoms in total. The van der Waals surface area contributed by atoms with Crippen LogP contribution in [0.3, 0.4) is 0 Å². The van der Waals surface area contributed by atoms with Crippen molar-refractivity contribution in [2.45, 2.75) is 11.7 Å². The van der Waals surface area contributed by atoms with Gasteiger partial charge >= 0.3 is 0 Å². The number of hydrogen-bond donors (Lipinski definition) is 1. The van der Waals surface area contributed by atoms with E-state index in [1.165, 1.54) is 18.0 Å². The lowest BCUT2D eigenvalue weighted by Gasteiger charge is -2.16. The zero-order valence-corrected chi connectivity index (χ0v) is 12.7. The lowest BCUT2D eigenvalue weighted by molar-refractivity contribution is 0.0955. The summed E-state index contributed by atoms with van der Waals surface area (Å²) in [4.78, 5) is 12.3. The first-order valence-electron chi connectivity index (χ1n) is 6.96. The monoisotopic (exact) mass is 320 g/mol. The molecule has 0 amide bonds. The van der Waals surface area contributed by atoms with Gasteiger partial charge in [0.2, 0.25) is 6.79 Å². The van der Waals surface area contributed by atoms with E-state index in [2.05, 4.69) is 0 Å². The van der Waals surface area contributed by atoms with Crippen LogP contribution in [0.5, 0.6) is 11.5 Å². The first kappa shape index (κ1) is 15.0. The van der Waals surface area contributed by atoms with Crippen LogP contribution in [0.4, 0.5) is 0 Å². The van der Waals surface area contributed by atoms with Gasteiger partial charge in [-0.15, -0.1) is 0 Å². The van der Waals surface area contributed by atoms with Crippen molar-refractivity contribution in [3.05, 3.63) is 47.9 Å².